The van der Waals surface area contributed by atoms with Gasteiger partial charge in [0.25, 0.3) is 11.8 Å². The molecule has 1 saturated heterocycles. The molecule has 1 aliphatic rings. The highest BCUT2D eigenvalue weighted by Crippen LogP contribution is 2.37. The number of carbonyl (C=O) groups is 2. The summed E-state index contributed by atoms with van der Waals surface area (Å²) >= 11 is 7.74. The molecule has 39 heavy (non-hydrogen) atoms. The number of fused-ring (bicyclic) bond motifs is 1. The molecule has 5 aromatic rings. The summed E-state index contributed by atoms with van der Waals surface area (Å²) in [6.07, 6.45) is 5.09. The average Bonchev–Trinajstić information content (AvgIpc) is 3.70. The van der Waals surface area contributed by atoms with Crippen molar-refractivity contribution in [3.63, 3.8) is 0 Å². The zero-order valence-corrected chi connectivity index (χ0v) is 22.7. The molecule has 1 fully saturated rings. The smallest absolute Gasteiger partial charge is 0.274 e. The fourth-order valence-corrected chi connectivity index (χ4v) is 6.26. The van der Waals surface area contributed by atoms with Gasteiger partial charge in [-0.15, -0.1) is 11.3 Å². The van der Waals surface area contributed by atoms with Crippen LogP contribution in [0.4, 0.5) is 0 Å². The lowest BCUT2D eigenvalue weighted by Gasteiger charge is -2.24. The summed E-state index contributed by atoms with van der Waals surface area (Å²) in [5.41, 5.74) is 3.34. The molecule has 0 unspecified atom stereocenters. The highest BCUT2D eigenvalue weighted by molar-refractivity contribution is 7.18. The number of nitrogens with one attached hydrogen (secondary N) is 1. The van der Waals surface area contributed by atoms with Crippen molar-refractivity contribution in [2.45, 2.75) is 18.9 Å². The van der Waals surface area contributed by atoms with Gasteiger partial charge in [0, 0.05) is 54.5 Å². The van der Waals surface area contributed by atoms with Crippen molar-refractivity contribution in [1.82, 2.24) is 30.0 Å². The standard InChI is InChI=1S/C29H25ClN6O2S/c1-35-23-12-3-2-11-22(23)24(34-35)27(37)32-17-21-10-6-14-36(21)29(38)25-26(18-7-4-9-20(30)15-18)39-28(33-25)19-8-5-13-31-16-19/h2-5,7-9,11-13,15-16,21H,6,10,14,17H2,1H3,(H,32,37)/t21-/m0/s1. The molecular weight excluding hydrogens is 532 g/mol. The first-order valence-corrected chi connectivity index (χ1v) is 13.9. The van der Waals surface area contributed by atoms with Gasteiger partial charge in [-0.2, -0.15) is 5.10 Å². The Morgan fingerprint density at radius 2 is 1.92 bits per heavy atom. The Labute approximate surface area is 234 Å². The summed E-state index contributed by atoms with van der Waals surface area (Å²) in [5, 5.41) is 9.54. The van der Waals surface area contributed by atoms with Gasteiger partial charge in [-0.3, -0.25) is 19.3 Å². The minimum absolute atomic E-state index is 0.146. The van der Waals surface area contributed by atoms with Gasteiger partial charge >= 0.3 is 0 Å². The van der Waals surface area contributed by atoms with Crippen molar-refractivity contribution in [3.8, 4) is 21.0 Å². The van der Waals surface area contributed by atoms with Crippen LogP contribution in [0.5, 0.6) is 0 Å². The number of likely N-dealkylation sites (tertiary alicyclic amines) is 1. The summed E-state index contributed by atoms with van der Waals surface area (Å²) in [5.74, 6) is -0.408. The first kappa shape index (κ1) is 25.2. The van der Waals surface area contributed by atoms with Crippen LogP contribution in [0.15, 0.2) is 73.1 Å². The topological polar surface area (TPSA) is 93.0 Å². The highest BCUT2D eigenvalue weighted by Gasteiger charge is 2.33. The van der Waals surface area contributed by atoms with Crippen molar-refractivity contribution in [3.05, 3.63) is 89.5 Å². The second-order valence-corrected chi connectivity index (χ2v) is 10.9. The lowest BCUT2D eigenvalue weighted by atomic mass is 10.1. The summed E-state index contributed by atoms with van der Waals surface area (Å²) in [7, 11) is 1.82. The van der Waals surface area contributed by atoms with E-state index < -0.39 is 0 Å². The minimum Gasteiger partial charge on any atom is -0.349 e. The molecule has 4 heterocycles. The molecule has 1 N–H and O–H groups in total. The van der Waals surface area contributed by atoms with Crippen LogP contribution in [0.2, 0.25) is 5.02 Å². The molecule has 1 atom stereocenters. The lowest BCUT2D eigenvalue weighted by Crippen LogP contribution is -2.43. The van der Waals surface area contributed by atoms with Gasteiger partial charge in [0.05, 0.1) is 10.4 Å². The van der Waals surface area contributed by atoms with Crippen molar-refractivity contribution >= 4 is 45.7 Å². The second kappa shape index (κ2) is 10.6. The van der Waals surface area contributed by atoms with Crippen molar-refractivity contribution < 1.29 is 9.59 Å². The van der Waals surface area contributed by atoms with E-state index in [-0.39, 0.29) is 17.9 Å². The van der Waals surface area contributed by atoms with Crippen LogP contribution < -0.4 is 5.32 Å². The number of nitrogens with zero attached hydrogens (tertiary/aromatic N) is 5. The molecule has 0 spiro atoms. The molecule has 1 aliphatic heterocycles. The van der Waals surface area contributed by atoms with E-state index in [0.29, 0.717) is 34.5 Å². The third kappa shape index (κ3) is 4.91. The van der Waals surface area contributed by atoms with Gasteiger partial charge in [-0.25, -0.2) is 4.98 Å². The molecule has 0 bridgehead atoms. The third-order valence-electron chi connectivity index (χ3n) is 6.93. The van der Waals surface area contributed by atoms with Gasteiger partial charge in [0.1, 0.15) is 10.7 Å². The Bertz CT molecular complexity index is 1680. The fourth-order valence-electron chi connectivity index (χ4n) is 5.03. The predicted molar refractivity (Wildman–Crippen MR) is 153 cm³/mol. The zero-order valence-electron chi connectivity index (χ0n) is 21.2. The number of para-hydroxylation sites is 1. The van der Waals surface area contributed by atoms with Gasteiger partial charge in [-0.1, -0.05) is 41.9 Å². The monoisotopic (exact) mass is 556 g/mol. The quantitative estimate of drug-likeness (QED) is 0.300. The molecule has 2 aromatic carbocycles. The van der Waals surface area contributed by atoms with Gasteiger partial charge in [0.2, 0.25) is 0 Å². The maximum atomic E-state index is 14.0. The predicted octanol–water partition coefficient (Wildman–Crippen LogP) is 5.45. The third-order valence-corrected chi connectivity index (χ3v) is 8.32. The number of amides is 2. The van der Waals surface area contributed by atoms with E-state index in [1.54, 1.807) is 23.1 Å². The Hall–Kier alpha value is -4.08. The summed E-state index contributed by atoms with van der Waals surface area (Å²) < 4.78 is 1.70. The number of benzene rings is 2. The van der Waals surface area contributed by atoms with E-state index >= 15 is 0 Å². The molecule has 0 radical (unpaired) electrons. The lowest BCUT2D eigenvalue weighted by molar-refractivity contribution is 0.0721. The second-order valence-electron chi connectivity index (χ2n) is 9.44. The van der Waals surface area contributed by atoms with E-state index in [1.165, 1.54) is 11.3 Å². The van der Waals surface area contributed by atoms with E-state index in [9.17, 15) is 9.59 Å². The van der Waals surface area contributed by atoms with E-state index in [0.717, 1.165) is 39.7 Å². The molecule has 196 valence electrons. The molecule has 10 heteroatoms. The van der Waals surface area contributed by atoms with Crippen LogP contribution >= 0.6 is 22.9 Å². The number of carbonyl (C=O) groups excluding carboxylic acids is 2. The molecule has 2 amide bonds. The molecule has 3 aromatic heterocycles. The van der Waals surface area contributed by atoms with E-state index in [4.69, 9.17) is 16.6 Å². The zero-order chi connectivity index (χ0) is 26.9. The number of hydrogen-bond donors (Lipinski definition) is 1. The normalized spacial score (nSPS) is 15.1. The van der Waals surface area contributed by atoms with Gasteiger partial charge in [-0.05, 0) is 48.7 Å². The maximum Gasteiger partial charge on any atom is 0.274 e. The fraction of sp³-hybridized carbons (Fsp3) is 0.207. The number of rotatable bonds is 6. The number of halogens is 1. The van der Waals surface area contributed by atoms with Crippen LogP contribution in [0.1, 0.15) is 33.8 Å². The number of thiazole rings is 1. The molecular formula is C29H25ClN6O2S. The highest BCUT2D eigenvalue weighted by atomic mass is 35.5. The van der Waals surface area contributed by atoms with E-state index in [2.05, 4.69) is 15.4 Å². The average molecular weight is 557 g/mol. The van der Waals surface area contributed by atoms with Crippen LogP contribution in [0.25, 0.3) is 31.9 Å². The minimum atomic E-state index is -0.252. The summed E-state index contributed by atoms with van der Waals surface area (Å²) in [6.45, 7) is 0.933. The van der Waals surface area contributed by atoms with Crippen LogP contribution in [-0.4, -0.2) is 55.6 Å². The molecule has 0 saturated carbocycles. The maximum absolute atomic E-state index is 14.0. The Morgan fingerprint density at radius 3 is 2.74 bits per heavy atom. The SMILES string of the molecule is Cn1nc(C(=O)NC[C@@H]2CCCN2C(=O)c2nc(-c3cccnc3)sc2-c2cccc(Cl)c2)c2ccccc21. The number of aromatic nitrogens is 4. The Kier molecular flexibility index (Phi) is 6.85. The van der Waals surface area contributed by atoms with E-state index in [1.807, 2.05) is 66.5 Å². The largest absolute Gasteiger partial charge is 0.349 e. The van der Waals surface area contributed by atoms with Crippen LogP contribution in [0.3, 0.4) is 0 Å². The first-order valence-electron chi connectivity index (χ1n) is 12.7. The first-order chi connectivity index (χ1) is 19.0. The Balaban J connectivity index is 1.26. The van der Waals surface area contributed by atoms with Crippen molar-refractivity contribution in [2.75, 3.05) is 13.1 Å². The number of pyridine rings is 1. The van der Waals surface area contributed by atoms with Crippen molar-refractivity contribution in [2.24, 2.45) is 7.05 Å². The molecule has 8 nitrogen and oxygen atoms in total. The summed E-state index contributed by atoms with van der Waals surface area (Å²) in [6, 6.07) is 18.7. The van der Waals surface area contributed by atoms with Crippen LogP contribution in [-0.2, 0) is 7.05 Å². The number of aryl methyl sites for hydroxylation is 1. The molecule has 6 rings (SSSR count). The van der Waals surface area contributed by atoms with Crippen LogP contribution in [0, 0.1) is 0 Å². The number of hydrogen-bond acceptors (Lipinski definition) is 6. The van der Waals surface area contributed by atoms with Gasteiger partial charge in [0.15, 0.2) is 5.69 Å². The Morgan fingerprint density at radius 1 is 1.08 bits per heavy atom. The molecule has 0 aliphatic carbocycles. The van der Waals surface area contributed by atoms with Crippen molar-refractivity contribution in [1.29, 1.82) is 0 Å². The van der Waals surface area contributed by atoms with Gasteiger partial charge < -0.3 is 10.2 Å². The summed E-state index contributed by atoms with van der Waals surface area (Å²) in [4.78, 5) is 38.6.